The zero-order chi connectivity index (χ0) is 24.5. The molecule has 0 atom stereocenters. The molecule has 0 radical (unpaired) electrons. The Morgan fingerprint density at radius 2 is 1.94 bits per heavy atom. The summed E-state index contributed by atoms with van der Waals surface area (Å²) in [5, 5.41) is 13.3. The molecule has 5 heterocycles. The molecule has 5 aromatic heterocycles. The minimum absolute atomic E-state index is 0.834. The highest BCUT2D eigenvalue weighted by molar-refractivity contribution is 6.00. The second-order valence-corrected chi connectivity index (χ2v) is 9.11. The molecule has 0 aromatic carbocycles. The summed E-state index contributed by atoms with van der Waals surface area (Å²) in [6, 6.07) is 6.28. The molecule has 0 amide bonds. The summed E-state index contributed by atoms with van der Waals surface area (Å²) < 4.78 is 0. The first-order valence-corrected chi connectivity index (χ1v) is 12.3. The van der Waals surface area contributed by atoms with Crippen LogP contribution in [0.1, 0.15) is 38.2 Å². The van der Waals surface area contributed by atoms with Crippen LogP contribution in [-0.4, -0.2) is 30.1 Å². The van der Waals surface area contributed by atoms with Crippen LogP contribution in [0.25, 0.3) is 50.0 Å². The lowest BCUT2D eigenvalue weighted by atomic mass is 10.0. The Kier molecular flexibility index (Phi) is 5.65. The van der Waals surface area contributed by atoms with E-state index in [9.17, 15) is 0 Å². The Bertz CT molecular complexity index is 1650. The van der Waals surface area contributed by atoms with Crippen LogP contribution in [0.2, 0.25) is 0 Å². The fraction of sp³-hybridized carbons (Fsp3) is 0.172. The van der Waals surface area contributed by atoms with Gasteiger partial charge in [-0.05, 0) is 43.0 Å². The molecule has 178 valence electrons. The number of fused-ring (bicyclic) bond motifs is 2. The number of H-pyrrole nitrogens is 2. The van der Waals surface area contributed by atoms with Crippen LogP contribution < -0.4 is 5.32 Å². The van der Waals surface area contributed by atoms with Gasteiger partial charge in [-0.3, -0.25) is 20.1 Å². The molecule has 36 heavy (non-hydrogen) atoms. The van der Waals surface area contributed by atoms with Gasteiger partial charge in [-0.25, -0.2) is 0 Å². The average Bonchev–Trinajstić information content (AvgIpc) is 3.66. The molecule has 0 unspecified atom stereocenters. The van der Waals surface area contributed by atoms with Crippen molar-refractivity contribution >= 4 is 33.1 Å². The van der Waals surface area contributed by atoms with Gasteiger partial charge in [0.15, 0.2) is 0 Å². The van der Waals surface area contributed by atoms with Gasteiger partial charge in [0.25, 0.3) is 0 Å². The quantitative estimate of drug-likeness (QED) is 0.225. The van der Waals surface area contributed by atoms with E-state index in [1.807, 2.05) is 31.0 Å². The zero-order valence-corrected chi connectivity index (χ0v) is 20.2. The van der Waals surface area contributed by atoms with Crippen LogP contribution in [0.3, 0.4) is 0 Å². The number of hydrogen-bond donors (Lipinski definition) is 3. The number of aromatic amines is 2. The van der Waals surface area contributed by atoms with Crippen LogP contribution in [0, 0.1) is 0 Å². The van der Waals surface area contributed by atoms with Crippen molar-refractivity contribution in [3.05, 3.63) is 85.3 Å². The highest BCUT2D eigenvalue weighted by Gasteiger charge is 2.16. The molecule has 0 aliphatic heterocycles. The van der Waals surface area contributed by atoms with Crippen LogP contribution in [-0.2, 0) is 0 Å². The van der Waals surface area contributed by atoms with Gasteiger partial charge in [0, 0.05) is 40.0 Å². The fourth-order valence-electron chi connectivity index (χ4n) is 4.65. The molecule has 0 spiro atoms. The van der Waals surface area contributed by atoms with Crippen molar-refractivity contribution in [3.63, 3.8) is 0 Å². The first-order chi connectivity index (χ1) is 17.7. The predicted octanol–water partition coefficient (Wildman–Crippen LogP) is 7.02. The standard InChI is InChI=1S/C29H27N7/c1-3-4-7-18(2)33-21-10-20(13-30-14-21)25-12-23-28(17-32-25)35-36-29(23)26-11-22-24(19-8-5-6-9-19)15-31-16-27(22)34-26/h5,8-17,33-34H,2-4,6-7H2,1H3,(H,35,36). The highest BCUT2D eigenvalue weighted by Crippen LogP contribution is 2.34. The second kappa shape index (κ2) is 9.26. The van der Waals surface area contributed by atoms with Crippen LogP contribution >= 0.6 is 0 Å². The molecule has 0 saturated carbocycles. The van der Waals surface area contributed by atoms with Gasteiger partial charge in [-0.15, -0.1) is 0 Å². The predicted molar refractivity (Wildman–Crippen MR) is 146 cm³/mol. The maximum absolute atomic E-state index is 4.67. The third-order valence-electron chi connectivity index (χ3n) is 6.52. The largest absolute Gasteiger partial charge is 0.358 e. The van der Waals surface area contributed by atoms with Gasteiger partial charge < -0.3 is 10.3 Å². The number of pyridine rings is 3. The first-order valence-electron chi connectivity index (χ1n) is 12.3. The molecule has 7 heteroatoms. The van der Waals surface area contributed by atoms with Crippen molar-refractivity contribution in [3.8, 4) is 22.6 Å². The molecule has 1 aliphatic carbocycles. The molecule has 0 bridgehead atoms. The summed E-state index contributed by atoms with van der Waals surface area (Å²) in [5.74, 6) is 0. The summed E-state index contributed by atoms with van der Waals surface area (Å²) in [5.41, 5.74) is 9.65. The van der Waals surface area contributed by atoms with E-state index in [0.717, 1.165) is 87.1 Å². The van der Waals surface area contributed by atoms with E-state index >= 15 is 0 Å². The summed E-state index contributed by atoms with van der Waals surface area (Å²) in [7, 11) is 0. The number of allylic oxidation sites excluding steroid dienone is 5. The maximum atomic E-state index is 4.67. The number of nitrogens with zero attached hydrogens (tertiary/aromatic N) is 4. The van der Waals surface area contributed by atoms with E-state index < -0.39 is 0 Å². The SMILES string of the molecule is C=C(CCCC)Nc1cncc(-c2cc3c(-c4cc5c(C6=CCC=C6)cncc5[nH]4)n[nH]c3cn2)c1. The van der Waals surface area contributed by atoms with Gasteiger partial charge in [0.2, 0.25) is 0 Å². The van der Waals surface area contributed by atoms with Crippen LogP contribution in [0.4, 0.5) is 5.69 Å². The first kappa shape index (κ1) is 22.0. The van der Waals surface area contributed by atoms with Crippen LogP contribution in [0.5, 0.6) is 0 Å². The fourth-order valence-corrected chi connectivity index (χ4v) is 4.65. The van der Waals surface area contributed by atoms with Gasteiger partial charge in [-0.2, -0.15) is 5.10 Å². The average molecular weight is 474 g/mol. The molecular weight excluding hydrogens is 446 g/mol. The number of unbranched alkanes of at least 4 members (excludes halogenated alkanes) is 1. The lowest BCUT2D eigenvalue weighted by molar-refractivity contribution is 0.791. The van der Waals surface area contributed by atoms with E-state index in [1.165, 1.54) is 5.57 Å². The topological polar surface area (TPSA) is 95.2 Å². The zero-order valence-electron chi connectivity index (χ0n) is 20.2. The number of rotatable bonds is 8. The molecule has 0 fully saturated rings. The van der Waals surface area contributed by atoms with Crippen molar-refractivity contribution in [1.82, 2.24) is 30.1 Å². The van der Waals surface area contributed by atoms with Gasteiger partial charge in [-0.1, -0.05) is 38.2 Å². The molecule has 1 aliphatic rings. The molecule has 3 N–H and O–H groups in total. The second-order valence-electron chi connectivity index (χ2n) is 9.11. The van der Waals surface area contributed by atoms with Crippen molar-refractivity contribution in [2.24, 2.45) is 0 Å². The Morgan fingerprint density at radius 1 is 1.03 bits per heavy atom. The monoisotopic (exact) mass is 473 g/mol. The Morgan fingerprint density at radius 3 is 2.81 bits per heavy atom. The van der Waals surface area contributed by atoms with Crippen molar-refractivity contribution in [2.75, 3.05) is 5.32 Å². The minimum atomic E-state index is 0.834. The third kappa shape index (κ3) is 4.09. The summed E-state index contributed by atoms with van der Waals surface area (Å²) >= 11 is 0. The van der Waals surface area contributed by atoms with E-state index in [-0.39, 0.29) is 0 Å². The molecular formula is C29H27N7. The molecule has 6 rings (SSSR count). The Balaban J connectivity index is 1.36. The van der Waals surface area contributed by atoms with Crippen molar-refractivity contribution in [2.45, 2.75) is 32.6 Å². The summed E-state index contributed by atoms with van der Waals surface area (Å²) in [6.45, 7) is 6.31. The van der Waals surface area contributed by atoms with E-state index in [1.54, 1.807) is 0 Å². The number of nitrogens with one attached hydrogen (secondary N) is 3. The van der Waals surface area contributed by atoms with Crippen molar-refractivity contribution < 1.29 is 0 Å². The van der Waals surface area contributed by atoms with E-state index in [4.69, 9.17) is 0 Å². The number of anilines is 1. The Labute approximate surface area is 209 Å². The number of aromatic nitrogens is 6. The molecule has 5 aromatic rings. The van der Waals surface area contributed by atoms with Crippen LogP contribution in [0.15, 0.2) is 79.7 Å². The smallest absolute Gasteiger partial charge is 0.116 e. The van der Waals surface area contributed by atoms with Gasteiger partial charge in [0.05, 0.1) is 46.7 Å². The molecule has 7 nitrogen and oxygen atoms in total. The summed E-state index contributed by atoms with van der Waals surface area (Å²) in [4.78, 5) is 17.1. The maximum Gasteiger partial charge on any atom is 0.116 e. The summed E-state index contributed by atoms with van der Waals surface area (Å²) in [6.07, 6.45) is 20.0. The lowest BCUT2D eigenvalue weighted by Crippen LogP contribution is -1.99. The van der Waals surface area contributed by atoms with Gasteiger partial charge >= 0.3 is 0 Å². The lowest BCUT2D eigenvalue weighted by Gasteiger charge is -2.10. The number of hydrogen-bond acceptors (Lipinski definition) is 5. The van der Waals surface area contributed by atoms with E-state index in [2.05, 4.69) is 85.4 Å². The minimum Gasteiger partial charge on any atom is -0.358 e. The van der Waals surface area contributed by atoms with Crippen molar-refractivity contribution in [1.29, 1.82) is 0 Å². The third-order valence-corrected chi connectivity index (χ3v) is 6.52. The van der Waals surface area contributed by atoms with E-state index in [0.29, 0.717) is 0 Å². The highest BCUT2D eigenvalue weighted by atomic mass is 15.1. The normalized spacial score (nSPS) is 13.0. The van der Waals surface area contributed by atoms with Gasteiger partial charge in [0.1, 0.15) is 5.69 Å². The molecule has 0 saturated heterocycles. The Hall–Kier alpha value is -4.52.